The van der Waals surface area contributed by atoms with E-state index in [-0.39, 0.29) is 61.0 Å². The van der Waals surface area contributed by atoms with Crippen molar-refractivity contribution in [1.29, 1.82) is 0 Å². The van der Waals surface area contributed by atoms with E-state index in [1.54, 1.807) is 27.3 Å². The van der Waals surface area contributed by atoms with Crippen LogP contribution in [-0.4, -0.2) is 138 Å². The van der Waals surface area contributed by atoms with Crippen LogP contribution in [-0.2, 0) is 84.5 Å². The summed E-state index contributed by atoms with van der Waals surface area (Å²) in [4.78, 5) is 59.5. The minimum atomic E-state index is -0.745. The Labute approximate surface area is 711 Å². The average molecular weight is 1660 g/mol. The van der Waals surface area contributed by atoms with E-state index in [0.29, 0.717) is 85.6 Å². The van der Waals surface area contributed by atoms with Gasteiger partial charge in [-0.25, -0.2) is 19.3 Å². The summed E-state index contributed by atoms with van der Waals surface area (Å²) < 4.78 is 42.6. The first kappa shape index (κ1) is 86.5. The van der Waals surface area contributed by atoms with Gasteiger partial charge in [-0.05, 0) is 231 Å². The fourth-order valence-corrected chi connectivity index (χ4v) is 17.6. The maximum absolute atomic E-state index is 12.6. The van der Waals surface area contributed by atoms with Gasteiger partial charge in [-0.3, -0.25) is 28.5 Å². The normalized spacial score (nSPS) is 20.9. The molecule has 0 spiro atoms. The van der Waals surface area contributed by atoms with Gasteiger partial charge in [0.2, 0.25) is 0 Å². The van der Waals surface area contributed by atoms with E-state index in [2.05, 4.69) is 80.5 Å². The average Bonchev–Trinajstić information content (AvgIpc) is 1.69. The van der Waals surface area contributed by atoms with Crippen molar-refractivity contribution in [2.24, 2.45) is 57.8 Å². The number of ketones is 1. The zero-order chi connectivity index (χ0) is 84.9. The number of hydrogen-bond donors (Lipinski definition) is 4. The Hall–Kier alpha value is -11.8. The summed E-state index contributed by atoms with van der Waals surface area (Å²) in [5.74, 6) is 5.78. The van der Waals surface area contributed by atoms with E-state index >= 15 is 0 Å². The molecule has 29 nitrogen and oxygen atoms in total. The van der Waals surface area contributed by atoms with Gasteiger partial charge in [0.15, 0.2) is 5.69 Å². The van der Waals surface area contributed by atoms with Crippen LogP contribution in [0.1, 0.15) is 238 Å². The third kappa shape index (κ3) is 24.1. The molecule has 0 amide bonds. The molecule has 0 aliphatic heterocycles. The summed E-state index contributed by atoms with van der Waals surface area (Å²) in [6, 6.07) is 35.8. The van der Waals surface area contributed by atoms with Gasteiger partial charge in [0.05, 0.1) is 78.0 Å². The van der Waals surface area contributed by atoms with E-state index in [0.717, 1.165) is 150 Å². The lowest BCUT2D eigenvalue weighted by Crippen LogP contribution is -2.29. The fourth-order valence-electron chi connectivity index (χ4n) is 17.6. The molecule has 7 aliphatic carbocycles. The maximum atomic E-state index is 12.6. The van der Waals surface area contributed by atoms with Crippen LogP contribution >= 0.6 is 0 Å². The van der Waals surface area contributed by atoms with Crippen LogP contribution in [0.4, 0.5) is 6.01 Å². The van der Waals surface area contributed by atoms with Crippen molar-refractivity contribution < 1.29 is 62.6 Å². The Morgan fingerprint density at radius 3 is 1.52 bits per heavy atom. The second kappa shape index (κ2) is 42.1. The predicted octanol–water partition coefficient (Wildman–Crippen LogP) is 16.2. The van der Waals surface area contributed by atoms with E-state index in [9.17, 15) is 34.5 Å². The van der Waals surface area contributed by atoms with Crippen LogP contribution in [0.25, 0.3) is 33.8 Å². The molecule has 6 aromatic heterocycles. The quantitative estimate of drug-likeness (QED) is 0.0331. The molecular weight excluding hydrogens is 1550 g/mol. The molecule has 122 heavy (non-hydrogen) atoms. The monoisotopic (exact) mass is 1660 g/mol. The highest BCUT2D eigenvalue weighted by atomic mass is 16.5. The number of oxazole rings is 1. The summed E-state index contributed by atoms with van der Waals surface area (Å²) in [6.45, 7) is 3.02. The standard InChI is InChI=1S/C25H31N5O4.C25H27N3O4.C23H31N3O3.C20H25N5O2/c1-30-21(14-26-25-27-15-22(34-25)16-5-2-3-6-16)23(28-29-30)17-9-11-19(12-10-17)33-20-8-4-7-18(13-20)24(31)32;1-28-23(16-20(29)14-17-6-3-2-4-7-17)24(26-27-28)18-10-12-21(13-11-18)32-22-9-5-8-19(15-22)25(30)31;1-26-21(14-9-16-5-2-3-6-16)22(24-25-26)17-10-12-19(13-11-17)29-20-8-4-7-18(15-20)23(27)28;1-14-4-3-5-16(12-14)26-11-9-18-19(25(2)24-23-18)13-27-20-21-10-8-17(22-20)15-6-7-15/h9-12,15-16,18,20H,2-8,13-14H2,1H3,(H,26,27)(H,31,32);2-4,6-7,10-13,19,22H,5,8-9,14-16H2,1H3,(H,30,31);10-13,16,18,20H,2-9,14-15H2,1H3,(H,27,28);8,10,14-16H,3-7,12-13H2,1-2H3/t18-,20-;19-,22-;18-,20-;14-,16-/m0000/s1. The van der Waals surface area contributed by atoms with Gasteiger partial charge in [0.25, 0.3) is 6.01 Å². The Morgan fingerprint density at radius 2 is 0.984 bits per heavy atom. The molecule has 10 aromatic rings. The number of nitrogens with zero attached hydrogens (tertiary/aromatic N) is 15. The number of hydrogen-bond acceptors (Lipinski definition) is 22. The third-order valence-corrected chi connectivity index (χ3v) is 24.8. The molecule has 4 N–H and O–H groups in total. The summed E-state index contributed by atoms with van der Waals surface area (Å²) in [6.07, 6.45) is 35.8. The Kier molecular flexibility index (Phi) is 29.9. The lowest BCUT2D eigenvalue weighted by molar-refractivity contribution is -0.144. The summed E-state index contributed by atoms with van der Waals surface area (Å²) in [5, 5.41) is 64.9. The van der Waals surface area contributed by atoms with Crippen molar-refractivity contribution in [2.45, 2.75) is 249 Å². The van der Waals surface area contributed by atoms with E-state index in [4.69, 9.17) is 28.1 Å². The lowest BCUT2D eigenvalue weighted by Gasteiger charge is -2.27. The topological polar surface area (TPSA) is 362 Å². The van der Waals surface area contributed by atoms with Crippen LogP contribution in [0, 0.1) is 41.6 Å². The van der Waals surface area contributed by atoms with Gasteiger partial charge in [0.1, 0.15) is 70.4 Å². The molecule has 0 saturated heterocycles. The van der Waals surface area contributed by atoms with E-state index < -0.39 is 17.9 Å². The number of aromatic nitrogens is 15. The number of carbonyl (C=O) groups excluding carboxylic acids is 1. The van der Waals surface area contributed by atoms with Crippen molar-refractivity contribution in [3.8, 4) is 69.1 Å². The van der Waals surface area contributed by atoms with Crippen LogP contribution < -0.4 is 24.3 Å². The molecule has 17 rings (SSSR count). The Balaban J connectivity index is 0.000000133. The highest BCUT2D eigenvalue weighted by Gasteiger charge is 2.33. The number of anilines is 1. The summed E-state index contributed by atoms with van der Waals surface area (Å²) >= 11 is 0. The number of Topliss-reactive ketones (excluding diaryl/α,β-unsaturated/α-hetero) is 1. The second-order valence-electron chi connectivity index (χ2n) is 34.0. The van der Waals surface area contributed by atoms with Crippen LogP contribution in [0.2, 0.25) is 0 Å². The summed E-state index contributed by atoms with van der Waals surface area (Å²) in [5.41, 5.74) is 11.6. The zero-order valence-electron chi connectivity index (χ0n) is 70.7. The van der Waals surface area contributed by atoms with Crippen molar-refractivity contribution in [3.63, 3.8) is 0 Å². The number of rotatable bonds is 28. The molecule has 7 saturated carbocycles. The number of benzene rings is 4. The smallest absolute Gasteiger partial charge is 0.316 e. The lowest BCUT2D eigenvalue weighted by atomic mass is 9.87. The first-order chi connectivity index (χ1) is 59.3. The molecule has 7 fully saturated rings. The van der Waals surface area contributed by atoms with Crippen LogP contribution in [0.15, 0.2) is 126 Å². The maximum Gasteiger partial charge on any atom is 0.316 e. The summed E-state index contributed by atoms with van der Waals surface area (Å²) in [7, 11) is 7.45. The van der Waals surface area contributed by atoms with Gasteiger partial charge in [-0.1, -0.05) is 103 Å². The molecule has 0 unspecified atom stereocenters. The molecule has 4 aromatic carbocycles. The largest absolute Gasteiger partial charge is 0.490 e. The zero-order valence-corrected chi connectivity index (χ0v) is 70.7. The number of carboxylic acid groups (broad SMARTS) is 3. The number of aliphatic carboxylic acids is 3. The van der Waals surface area contributed by atoms with E-state index in [1.807, 2.05) is 141 Å². The third-order valence-electron chi connectivity index (χ3n) is 24.8. The molecule has 0 radical (unpaired) electrons. The number of ether oxygens (including phenoxy) is 5. The molecule has 6 heterocycles. The second-order valence-corrected chi connectivity index (χ2v) is 34.0. The Bertz CT molecular complexity index is 5130. The van der Waals surface area contributed by atoms with Crippen molar-refractivity contribution >= 4 is 29.7 Å². The molecule has 29 heteroatoms. The van der Waals surface area contributed by atoms with Gasteiger partial charge in [-0.15, -0.1) is 20.4 Å². The molecular formula is C93H114N16O13. The molecule has 7 aliphatic rings. The van der Waals surface area contributed by atoms with Crippen LogP contribution in [0.5, 0.6) is 23.3 Å². The highest BCUT2D eigenvalue weighted by Crippen LogP contribution is 2.41. The number of carboxylic acids is 3. The van der Waals surface area contributed by atoms with Gasteiger partial charge >= 0.3 is 23.9 Å². The van der Waals surface area contributed by atoms with Crippen molar-refractivity contribution in [3.05, 3.63) is 167 Å². The van der Waals surface area contributed by atoms with Crippen molar-refractivity contribution in [2.75, 3.05) is 5.32 Å². The van der Waals surface area contributed by atoms with Gasteiger partial charge in [0, 0.05) is 75.3 Å². The number of carbonyl (C=O) groups is 4. The number of nitrogens with one attached hydrogen (secondary N) is 1. The minimum absolute atomic E-state index is 0.0193. The first-order valence-electron chi connectivity index (χ1n) is 43.8. The highest BCUT2D eigenvalue weighted by molar-refractivity contribution is 5.84. The van der Waals surface area contributed by atoms with Crippen LogP contribution in [0.3, 0.4) is 0 Å². The molecule has 0 bridgehead atoms. The predicted molar refractivity (Wildman–Crippen MR) is 454 cm³/mol. The van der Waals surface area contributed by atoms with E-state index in [1.165, 1.54) is 89.2 Å². The van der Waals surface area contributed by atoms with Crippen molar-refractivity contribution in [1.82, 2.24) is 74.9 Å². The molecule has 8 atom stereocenters. The Morgan fingerprint density at radius 1 is 0.492 bits per heavy atom. The minimum Gasteiger partial charge on any atom is -0.490 e. The first-order valence-corrected chi connectivity index (χ1v) is 43.8. The number of aryl methyl sites for hydroxylation is 4. The SMILES string of the molecule is C[C@H]1CCC[C@H](OC#Cc2nnn(C)c2COc2nccc(C3CC3)n2)C1.Cn1nnc(-c2ccc(O[C@H]3CCC[C@H](C(=O)O)C3)cc2)c1CC(=O)Cc1ccccc1.Cn1nnc(-c2ccc(O[C@H]3CCC[C@H](C(=O)O)C3)cc2)c1CCC1CCCC1.Cn1nnc(-c2ccc(O[C@H]3CCC[C@H](C(=O)O)C3)cc2)c1CNc1ncc(C2CCCC2)o1. The fraction of sp³-hybridized carbons (Fsp3) is 0.516. The van der Waals surface area contributed by atoms with Gasteiger partial charge < -0.3 is 48.7 Å². The van der Waals surface area contributed by atoms with Gasteiger partial charge in [-0.2, -0.15) is 4.98 Å². The molecule has 644 valence electrons.